The minimum absolute atomic E-state index is 0.180. The molecule has 2 heterocycles. The summed E-state index contributed by atoms with van der Waals surface area (Å²) in [7, 11) is 0. The molecule has 0 unspecified atom stereocenters. The molecule has 1 aromatic heterocycles. The molecule has 20 heavy (non-hydrogen) atoms. The summed E-state index contributed by atoms with van der Waals surface area (Å²) in [5.41, 5.74) is 0. The van der Waals surface area contributed by atoms with Crippen LogP contribution in [0.15, 0.2) is 12.1 Å². The molecule has 3 rings (SSSR count). The number of hydrogen-bond acceptors (Lipinski definition) is 3. The molecule has 0 spiro atoms. The number of hydrogen-bond donors (Lipinski definition) is 1. The summed E-state index contributed by atoms with van der Waals surface area (Å²) in [4.78, 5) is 15.7. The fraction of sp³-hybridized carbons (Fsp3) is 0.667. The third-order valence-corrected chi connectivity index (χ3v) is 5.48. The van der Waals surface area contributed by atoms with E-state index in [1.807, 2.05) is 12.1 Å². The molecular formula is C15H21ClN2OS. The highest BCUT2D eigenvalue weighted by molar-refractivity contribution is 7.16. The van der Waals surface area contributed by atoms with Crippen molar-refractivity contribution in [2.45, 2.75) is 50.6 Å². The largest absolute Gasteiger partial charge is 0.353 e. The van der Waals surface area contributed by atoms with Crippen molar-refractivity contribution in [3.8, 4) is 0 Å². The van der Waals surface area contributed by atoms with Crippen LogP contribution in [-0.2, 0) is 11.2 Å². The van der Waals surface area contributed by atoms with Gasteiger partial charge in [0.1, 0.15) is 0 Å². The van der Waals surface area contributed by atoms with Gasteiger partial charge in [-0.15, -0.1) is 11.3 Å². The molecule has 3 nitrogen and oxygen atoms in total. The molecule has 0 radical (unpaired) electrons. The Hall–Kier alpha value is -0.580. The minimum Gasteiger partial charge on any atom is -0.353 e. The number of nitrogens with zero attached hydrogens (tertiary/aromatic N) is 1. The molecule has 1 amide bonds. The van der Waals surface area contributed by atoms with Crippen LogP contribution in [0.3, 0.4) is 0 Å². The first kappa shape index (κ1) is 14.4. The summed E-state index contributed by atoms with van der Waals surface area (Å²) in [6.45, 7) is 2.30. The summed E-state index contributed by atoms with van der Waals surface area (Å²) in [6, 6.07) is 5.14. The molecule has 1 aliphatic carbocycles. The predicted octanol–water partition coefficient (Wildman–Crippen LogP) is 3.08. The Balaban J connectivity index is 1.36. The summed E-state index contributed by atoms with van der Waals surface area (Å²) in [5, 5.41) is 3.18. The first-order valence-corrected chi connectivity index (χ1v) is 8.68. The number of amides is 1. The Labute approximate surface area is 129 Å². The van der Waals surface area contributed by atoms with Crippen molar-refractivity contribution in [1.82, 2.24) is 10.2 Å². The van der Waals surface area contributed by atoms with E-state index < -0.39 is 0 Å². The average molecular weight is 313 g/mol. The molecule has 1 saturated carbocycles. The van der Waals surface area contributed by atoms with E-state index in [-0.39, 0.29) is 5.91 Å². The van der Waals surface area contributed by atoms with Crippen molar-refractivity contribution in [2.75, 3.05) is 13.1 Å². The van der Waals surface area contributed by atoms with Gasteiger partial charge in [0.2, 0.25) is 5.91 Å². The number of rotatable bonds is 5. The van der Waals surface area contributed by atoms with Crippen LogP contribution in [0.5, 0.6) is 0 Å². The number of thiophene rings is 1. The topological polar surface area (TPSA) is 32.3 Å². The highest BCUT2D eigenvalue weighted by Gasteiger charge is 2.31. The summed E-state index contributed by atoms with van der Waals surface area (Å²) >= 11 is 7.45. The minimum atomic E-state index is 0.180. The van der Waals surface area contributed by atoms with Crippen molar-refractivity contribution in [2.24, 2.45) is 0 Å². The maximum atomic E-state index is 12.0. The van der Waals surface area contributed by atoms with E-state index >= 15 is 0 Å². The second kappa shape index (κ2) is 6.46. The molecule has 5 heteroatoms. The van der Waals surface area contributed by atoms with Crippen LogP contribution in [-0.4, -0.2) is 36.0 Å². The lowest BCUT2D eigenvalue weighted by atomic mass is 10.0. The highest BCUT2D eigenvalue weighted by Crippen LogP contribution is 2.29. The summed E-state index contributed by atoms with van der Waals surface area (Å²) in [6.07, 6.45) is 6.32. The van der Waals surface area contributed by atoms with Crippen LogP contribution < -0.4 is 5.32 Å². The van der Waals surface area contributed by atoms with Gasteiger partial charge in [0.15, 0.2) is 0 Å². The van der Waals surface area contributed by atoms with Crippen molar-refractivity contribution >= 4 is 28.8 Å². The number of aryl methyl sites for hydroxylation is 1. The quantitative estimate of drug-likeness (QED) is 0.906. The van der Waals surface area contributed by atoms with Gasteiger partial charge in [-0.2, -0.15) is 0 Å². The van der Waals surface area contributed by atoms with E-state index in [4.69, 9.17) is 11.6 Å². The van der Waals surface area contributed by atoms with Crippen molar-refractivity contribution in [3.05, 3.63) is 21.3 Å². The van der Waals surface area contributed by atoms with E-state index in [9.17, 15) is 4.79 Å². The highest BCUT2D eigenvalue weighted by atomic mass is 35.5. The van der Waals surface area contributed by atoms with Gasteiger partial charge in [-0.1, -0.05) is 11.6 Å². The lowest BCUT2D eigenvalue weighted by Crippen LogP contribution is -2.45. The van der Waals surface area contributed by atoms with Crippen LogP contribution in [0, 0.1) is 0 Å². The van der Waals surface area contributed by atoms with E-state index in [0.717, 1.165) is 42.7 Å². The monoisotopic (exact) mass is 312 g/mol. The number of halogens is 1. The lowest BCUT2D eigenvalue weighted by Gasteiger charge is -2.32. The molecule has 2 fully saturated rings. The van der Waals surface area contributed by atoms with Crippen LogP contribution in [0.1, 0.15) is 37.0 Å². The number of likely N-dealkylation sites (tertiary alicyclic amines) is 1. The fourth-order valence-corrected chi connectivity index (χ4v) is 3.96. The Morgan fingerprint density at radius 2 is 2.05 bits per heavy atom. The van der Waals surface area contributed by atoms with Gasteiger partial charge in [-0.25, -0.2) is 0 Å². The number of piperidine rings is 1. The molecule has 110 valence electrons. The molecular weight excluding hydrogens is 292 g/mol. The molecule has 1 saturated heterocycles. The van der Waals surface area contributed by atoms with Crippen molar-refractivity contribution < 1.29 is 4.79 Å². The Morgan fingerprint density at radius 1 is 1.30 bits per heavy atom. The number of carbonyl (C=O) groups excluding carboxylic acids is 1. The molecule has 2 aliphatic rings. The molecule has 1 aromatic rings. The van der Waals surface area contributed by atoms with Gasteiger partial charge in [0.25, 0.3) is 0 Å². The second-order valence-corrected chi connectivity index (χ2v) is 7.61. The lowest BCUT2D eigenvalue weighted by molar-refractivity contribution is -0.122. The van der Waals surface area contributed by atoms with Crippen molar-refractivity contribution in [1.29, 1.82) is 0 Å². The van der Waals surface area contributed by atoms with Gasteiger partial charge in [0.05, 0.1) is 4.34 Å². The molecule has 0 bridgehead atoms. The maximum Gasteiger partial charge on any atom is 0.220 e. The summed E-state index contributed by atoms with van der Waals surface area (Å²) in [5.74, 6) is 0.180. The third-order valence-electron chi connectivity index (χ3n) is 4.19. The molecule has 0 aromatic carbocycles. The van der Waals surface area contributed by atoms with Crippen LogP contribution in [0.25, 0.3) is 0 Å². The van der Waals surface area contributed by atoms with E-state index in [1.165, 1.54) is 17.7 Å². The standard InChI is InChI=1S/C15H21ClN2OS/c16-14-5-3-13(20-14)4-6-15(19)17-11-7-9-18(10-8-11)12-1-2-12/h3,5,11-12H,1-2,4,6-10H2,(H,17,19). The normalized spacial score (nSPS) is 21.1. The Bertz CT molecular complexity index is 464. The zero-order chi connectivity index (χ0) is 13.9. The fourth-order valence-electron chi connectivity index (χ4n) is 2.87. The zero-order valence-electron chi connectivity index (χ0n) is 11.6. The van der Waals surface area contributed by atoms with Crippen LogP contribution >= 0.6 is 22.9 Å². The van der Waals surface area contributed by atoms with Gasteiger partial charge < -0.3 is 10.2 Å². The second-order valence-electron chi connectivity index (χ2n) is 5.81. The molecule has 1 aliphatic heterocycles. The van der Waals surface area contributed by atoms with Gasteiger partial charge in [0, 0.05) is 36.5 Å². The van der Waals surface area contributed by atoms with Gasteiger partial charge >= 0.3 is 0 Å². The van der Waals surface area contributed by atoms with Crippen LogP contribution in [0.2, 0.25) is 4.34 Å². The Kier molecular flexibility index (Phi) is 4.64. The zero-order valence-corrected chi connectivity index (χ0v) is 13.2. The van der Waals surface area contributed by atoms with E-state index in [0.29, 0.717) is 12.5 Å². The maximum absolute atomic E-state index is 12.0. The van der Waals surface area contributed by atoms with E-state index in [1.54, 1.807) is 11.3 Å². The first-order chi connectivity index (χ1) is 9.70. The number of nitrogens with one attached hydrogen (secondary N) is 1. The number of carbonyl (C=O) groups is 1. The van der Waals surface area contributed by atoms with Crippen molar-refractivity contribution in [3.63, 3.8) is 0 Å². The van der Waals surface area contributed by atoms with Crippen LogP contribution in [0.4, 0.5) is 0 Å². The Morgan fingerprint density at radius 3 is 2.65 bits per heavy atom. The molecule has 0 atom stereocenters. The summed E-state index contributed by atoms with van der Waals surface area (Å²) < 4.78 is 0.799. The SMILES string of the molecule is O=C(CCc1ccc(Cl)s1)NC1CCN(C2CC2)CC1. The average Bonchev–Trinajstić information content (AvgIpc) is 3.20. The van der Waals surface area contributed by atoms with Gasteiger partial charge in [-0.3, -0.25) is 4.79 Å². The van der Waals surface area contributed by atoms with E-state index in [2.05, 4.69) is 10.2 Å². The third kappa shape index (κ3) is 3.96. The molecule has 1 N–H and O–H groups in total. The smallest absolute Gasteiger partial charge is 0.220 e. The first-order valence-electron chi connectivity index (χ1n) is 7.48. The van der Waals surface area contributed by atoms with Gasteiger partial charge in [-0.05, 0) is 44.2 Å². The predicted molar refractivity (Wildman–Crippen MR) is 83.4 cm³/mol.